The first kappa shape index (κ1) is 20.8. The van der Waals surface area contributed by atoms with Gasteiger partial charge >= 0.3 is 5.69 Å². The summed E-state index contributed by atoms with van der Waals surface area (Å²) < 4.78 is 4.80. The second-order valence-electron chi connectivity index (χ2n) is 8.51. The minimum absolute atomic E-state index is 0.108. The van der Waals surface area contributed by atoms with Crippen molar-refractivity contribution in [3.63, 3.8) is 0 Å². The number of halogens is 1. The van der Waals surface area contributed by atoms with Gasteiger partial charge in [-0.05, 0) is 43.0 Å². The predicted octanol–water partition coefficient (Wildman–Crippen LogP) is 4.86. The fourth-order valence-corrected chi connectivity index (χ4v) is 4.98. The number of para-hydroxylation sites is 1. The van der Waals surface area contributed by atoms with Crippen LogP contribution in [0.4, 0.5) is 0 Å². The maximum Gasteiger partial charge on any atom is 0.337 e. The highest BCUT2D eigenvalue weighted by Gasteiger charge is 2.26. The molecule has 7 heteroatoms. The van der Waals surface area contributed by atoms with Gasteiger partial charge in [-0.3, -0.25) is 9.36 Å². The Morgan fingerprint density at radius 1 is 1.00 bits per heavy atom. The van der Waals surface area contributed by atoms with Gasteiger partial charge in [-0.1, -0.05) is 67.3 Å². The van der Waals surface area contributed by atoms with Crippen LogP contribution in [0.15, 0.2) is 64.4 Å². The zero-order valence-corrected chi connectivity index (χ0v) is 18.8. The van der Waals surface area contributed by atoms with Gasteiger partial charge in [0, 0.05) is 12.6 Å². The number of fused-ring (bicyclic) bond motifs is 1. The Kier molecular flexibility index (Phi) is 5.47. The van der Waals surface area contributed by atoms with Gasteiger partial charge in [0.1, 0.15) is 0 Å². The number of rotatable bonds is 4. The summed E-state index contributed by atoms with van der Waals surface area (Å²) in [5.41, 5.74) is 2.91. The van der Waals surface area contributed by atoms with Crippen LogP contribution in [-0.2, 0) is 6.54 Å². The highest BCUT2D eigenvalue weighted by atomic mass is 35.5. The molecule has 0 bridgehead atoms. The normalized spacial score (nSPS) is 14.8. The molecule has 5 rings (SSSR count). The lowest BCUT2D eigenvalue weighted by Crippen LogP contribution is -2.43. The van der Waals surface area contributed by atoms with Crippen LogP contribution < -0.4 is 11.2 Å². The van der Waals surface area contributed by atoms with Crippen LogP contribution >= 0.6 is 11.6 Å². The maximum absolute atomic E-state index is 13.7. The van der Waals surface area contributed by atoms with E-state index in [1.165, 1.54) is 9.13 Å². The summed E-state index contributed by atoms with van der Waals surface area (Å²) in [4.78, 5) is 31.9. The Labute approximate surface area is 190 Å². The second-order valence-corrected chi connectivity index (χ2v) is 8.91. The summed E-state index contributed by atoms with van der Waals surface area (Å²) in [6.07, 6.45) is 6.48. The minimum atomic E-state index is -0.372. The lowest BCUT2D eigenvalue weighted by molar-refractivity contribution is 0.335. The summed E-state index contributed by atoms with van der Waals surface area (Å²) in [7, 11) is 0. The van der Waals surface area contributed by atoms with E-state index in [-0.39, 0.29) is 17.3 Å². The lowest BCUT2D eigenvalue weighted by atomic mass is 9.95. The molecule has 1 aliphatic carbocycles. The van der Waals surface area contributed by atoms with Crippen LogP contribution in [0, 0.1) is 6.92 Å². The first-order valence-corrected chi connectivity index (χ1v) is 11.5. The van der Waals surface area contributed by atoms with Gasteiger partial charge in [-0.2, -0.15) is 0 Å². The lowest BCUT2D eigenvalue weighted by Gasteiger charge is -2.24. The summed E-state index contributed by atoms with van der Waals surface area (Å²) in [5.74, 6) is 0. The van der Waals surface area contributed by atoms with Gasteiger partial charge in [0.2, 0.25) is 0 Å². The van der Waals surface area contributed by atoms with Crippen LogP contribution in [0.1, 0.15) is 49.3 Å². The molecule has 0 saturated heterocycles. The van der Waals surface area contributed by atoms with Crippen molar-refractivity contribution in [2.24, 2.45) is 0 Å². The Morgan fingerprint density at radius 2 is 1.72 bits per heavy atom. The molecule has 2 aromatic carbocycles. The maximum atomic E-state index is 13.7. The second kappa shape index (κ2) is 8.43. The molecule has 0 amide bonds. The summed E-state index contributed by atoms with van der Waals surface area (Å²) in [6, 6.07) is 15.2. The van der Waals surface area contributed by atoms with Crippen molar-refractivity contribution in [2.45, 2.75) is 51.6 Å². The molecule has 0 aliphatic heterocycles. The number of nitrogens with zero attached hydrogens (tertiary/aromatic N) is 4. The molecular weight excluding hydrogens is 424 g/mol. The van der Waals surface area contributed by atoms with E-state index < -0.39 is 0 Å². The molecule has 32 heavy (non-hydrogen) atoms. The van der Waals surface area contributed by atoms with Crippen LogP contribution in [-0.4, -0.2) is 18.7 Å². The fourth-order valence-electron chi connectivity index (χ4n) is 4.76. The molecule has 1 aliphatic rings. The molecule has 0 radical (unpaired) electrons. The third-order valence-electron chi connectivity index (χ3n) is 6.48. The van der Waals surface area contributed by atoms with E-state index in [2.05, 4.69) is 18.0 Å². The van der Waals surface area contributed by atoms with Crippen molar-refractivity contribution >= 4 is 22.8 Å². The van der Waals surface area contributed by atoms with Gasteiger partial charge in [-0.15, -0.1) is 0 Å². The van der Waals surface area contributed by atoms with Crippen LogP contribution in [0.5, 0.6) is 0 Å². The van der Waals surface area contributed by atoms with Crippen LogP contribution in [0.25, 0.3) is 16.9 Å². The van der Waals surface area contributed by atoms with Gasteiger partial charge in [0.05, 0.1) is 17.0 Å². The molecule has 2 aromatic heterocycles. The summed E-state index contributed by atoms with van der Waals surface area (Å²) >= 11 is 6.48. The number of imidazole rings is 1. The van der Waals surface area contributed by atoms with Crippen molar-refractivity contribution in [3.8, 4) is 5.69 Å². The van der Waals surface area contributed by atoms with Crippen molar-refractivity contribution in [3.05, 3.63) is 91.8 Å². The SMILES string of the molecule is Cc1ccccc1Cn1cnc2c1c(=O)n(C1CCCCC1)c(=O)n2-c1ccccc1Cl. The average Bonchev–Trinajstić information content (AvgIpc) is 3.21. The Balaban J connectivity index is 1.80. The number of aromatic nitrogens is 4. The Bertz CT molecular complexity index is 1410. The van der Waals surface area contributed by atoms with Gasteiger partial charge in [0.15, 0.2) is 11.2 Å². The number of aryl methyl sites for hydroxylation is 1. The van der Waals surface area contributed by atoms with E-state index in [0.29, 0.717) is 28.4 Å². The minimum Gasteiger partial charge on any atom is -0.320 e. The molecule has 0 spiro atoms. The molecule has 0 N–H and O–H groups in total. The molecule has 1 saturated carbocycles. The van der Waals surface area contributed by atoms with Gasteiger partial charge in [-0.25, -0.2) is 14.3 Å². The van der Waals surface area contributed by atoms with Crippen molar-refractivity contribution < 1.29 is 0 Å². The first-order valence-electron chi connectivity index (χ1n) is 11.1. The predicted molar refractivity (Wildman–Crippen MR) is 127 cm³/mol. The standard InChI is InChI=1S/C25H25ClN4O2/c1-17-9-5-6-10-18(17)15-28-16-27-23-22(28)24(31)29(19-11-3-2-4-12-19)25(32)30(23)21-14-8-7-13-20(21)26/h5-10,13-14,16,19H,2-4,11-12,15H2,1H3. The summed E-state index contributed by atoms with van der Waals surface area (Å²) in [5, 5.41) is 0.443. The zero-order valence-electron chi connectivity index (χ0n) is 18.0. The van der Waals surface area contributed by atoms with E-state index in [1.807, 2.05) is 34.9 Å². The van der Waals surface area contributed by atoms with E-state index >= 15 is 0 Å². The van der Waals surface area contributed by atoms with Crippen LogP contribution in [0.3, 0.4) is 0 Å². The number of hydrogen-bond donors (Lipinski definition) is 0. The largest absolute Gasteiger partial charge is 0.337 e. The van der Waals surface area contributed by atoms with Gasteiger partial charge < -0.3 is 4.57 Å². The molecule has 1 fully saturated rings. The van der Waals surface area contributed by atoms with E-state index in [9.17, 15) is 9.59 Å². The van der Waals surface area contributed by atoms with E-state index in [4.69, 9.17) is 11.6 Å². The van der Waals surface area contributed by atoms with Crippen LogP contribution in [0.2, 0.25) is 5.02 Å². The smallest absolute Gasteiger partial charge is 0.320 e. The molecule has 6 nitrogen and oxygen atoms in total. The average molecular weight is 449 g/mol. The number of benzene rings is 2. The van der Waals surface area contributed by atoms with E-state index in [1.54, 1.807) is 18.5 Å². The fraction of sp³-hybridized carbons (Fsp3) is 0.320. The Hall–Kier alpha value is -3.12. The molecule has 4 aromatic rings. The molecule has 164 valence electrons. The highest BCUT2D eigenvalue weighted by Crippen LogP contribution is 2.27. The third kappa shape index (κ3) is 3.48. The quantitative estimate of drug-likeness (QED) is 0.447. The Morgan fingerprint density at radius 3 is 2.47 bits per heavy atom. The van der Waals surface area contributed by atoms with Gasteiger partial charge in [0.25, 0.3) is 5.56 Å². The van der Waals surface area contributed by atoms with Crippen molar-refractivity contribution in [2.75, 3.05) is 0 Å². The third-order valence-corrected chi connectivity index (χ3v) is 6.80. The van der Waals surface area contributed by atoms with Crippen molar-refractivity contribution in [1.29, 1.82) is 0 Å². The topological polar surface area (TPSA) is 61.8 Å². The van der Waals surface area contributed by atoms with E-state index in [0.717, 1.165) is 43.2 Å². The molecular formula is C25H25ClN4O2. The number of hydrogen-bond acceptors (Lipinski definition) is 3. The highest BCUT2D eigenvalue weighted by molar-refractivity contribution is 6.32. The zero-order chi connectivity index (χ0) is 22.2. The monoisotopic (exact) mass is 448 g/mol. The molecule has 0 atom stereocenters. The summed E-state index contributed by atoms with van der Waals surface area (Å²) in [6.45, 7) is 2.55. The van der Waals surface area contributed by atoms with Crippen molar-refractivity contribution in [1.82, 2.24) is 18.7 Å². The molecule has 0 unspecified atom stereocenters. The molecule has 2 heterocycles. The first-order chi connectivity index (χ1) is 15.6.